The number of hydrogen-bond acceptors (Lipinski definition) is 3. The minimum Gasteiger partial charge on any atom is -0.392 e. The van der Waals surface area contributed by atoms with E-state index >= 15 is 0 Å². The number of aliphatic hydroxyl groups excluding tert-OH is 1. The van der Waals surface area contributed by atoms with Crippen LogP contribution in [-0.4, -0.2) is 48.3 Å². The molecule has 1 heterocycles. The Bertz CT molecular complexity index is 222. The standard InChI is InChI=1S/C13H26N2O/c1-10-9-15(2)8-7-11(10)14-12-5-3-4-6-13(12)16/h10-14,16H,3-9H2,1-2H3/t10?,11?,12-,13-/m1/s1. The van der Waals surface area contributed by atoms with Crippen molar-refractivity contribution in [3.8, 4) is 0 Å². The fourth-order valence-electron chi connectivity index (χ4n) is 3.18. The van der Waals surface area contributed by atoms with Crippen molar-refractivity contribution in [1.82, 2.24) is 10.2 Å². The first kappa shape index (κ1) is 12.3. The van der Waals surface area contributed by atoms with Gasteiger partial charge in [-0.25, -0.2) is 0 Å². The van der Waals surface area contributed by atoms with E-state index in [1.165, 1.54) is 32.4 Å². The largest absolute Gasteiger partial charge is 0.392 e. The molecule has 0 aromatic rings. The van der Waals surface area contributed by atoms with Gasteiger partial charge in [-0.2, -0.15) is 0 Å². The van der Waals surface area contributed by atoms with E-state index in [-0.39, 0.29) is 6.10 Å². The summed E-state index contributed by atoms with van der Waals surface area (Å²) in [6.07, 6.45) is 5.72. The van der Waals surface area contributed by atoms with Gasteiger partial charge in [0.15, 0.2) is 0 Å². The molecule has 4 atom stereocenters. The summed E-state index contributed by atoms with van der Waals surface area (Å²) in [5.74, 6) is 0.702. The highest BCUT2D eigenvalue weighted by Crippen LogP contribution is 2.22. The highest BCUT2D eigenvalue weighted by atomic mass is 16.3. The maximum absolute atomic E-state index is 9.96. The quantitative estimate of drug-likeness (QED) is 0.743. The van der Waals surface area contributed by atoms with Crippen LogP contribution in [0.2, 0.25) is 0 Å². The zero-order chi connectivity index (χ0) is 11.5. The van der Waals surface area contributed by atoms with Gasteiger partial charge in [0.05, 0.1) is 6.10 Å². The van der Waals surface area contributed by atoms with Crippen LogP contribution in [0.1, 0.15) is 39.0 Å². The number of nitrogens with one attached hydrogen (secondary N) is 1. The van der Waals surface area contributed by atoms with Gasteiger partial charge in [-0.15, -0.1) is 0 Å². The van der Waals surface area contributed by atoms with Crippen LogP contribution in [0.3, 0.4) is 0 Å². The molecule has 2 fully saturated rings. The second kappa shape index (κ2) is 5.48. The predicted molar refractivity (Wildman–Crippen MR) is 66.5 cm³/mol. The number of aliphatic hydroxyl groups is 1. The molecular formula is C13H26N2O. The lowest BCUT2D eigenvalue weighted by molar-refractivity contribution is 0.0688. The van der Waals surface area contributed by atoms with Gasteiger partial charge >= 0.3 is 0 Å². The van der Waals surface area contributed by atoms with Gasteiger partial charge in [-0.05, 0) is 38.8 Å². The summed E-state index contributed by atoms with van der Waals surface area (Å²) in [4.78, 5) is 2.40. The van der Waals surface area contributed by atoms with Crippen LogP contribution in [0.4, 0.5) is 0 Å². The van der Waals surface area contributed by atoms with Crippen molar-refractivity contribution in [3.63, 3.8) is 0 Å². The lowest BCUT2D eigenvalue weighted by Gasteiger charge is -2.39. The van der Waals surface area contributed by atoms with E-state index in [1.807, 2.05) is 0 Å². The summed E-state index contributed by atoms with van der Waals surface area (Å²) >= 11 is 0. The third-order valence-corrected chi connectivity index (χ3v) is 4.27. The molecule has 1 saturated heterocycles. The van der Waals surface area contributed by atoms with E-state index < -0.39 is 0 Å². The van der Waals surface area contributed by atoms with E-state index in [0.717, 1.165) is 12.8 Å². The third-order valence-electron chi connectivity index (χ3n) is 4.27. The summed E-state index contributed by atoms with van der Waals surface area (Å²) in [7, 11) is 2.20. The van der Waals surface area contributed by atoms with E-state index in [4.69, 9.17) is 0 Å². The molecule has 1 saturated carbocycles. The third kappa shape index (κ3) is 2.96. The molecule has 94 valence electrons. The maximum Gasteiger partial charge on any atom is 0.0693 e. The summed E-state index contributed by atoms with van der Waals surface area (Å²) in [5, 5.41) is 13.7. The first-order valence-electron chi connectivity index (χ1n) is 6.79. The number of nitrogens with zero attached hydrogens (tertiary/aromatic N) is 1. The normalized spacial score (nSPS) is 42.2. The monoisotopic (exact) mass is 226 g/mol. The van der Waals surface area contributed by atoms with Crippen LogP contribution in [0.15, 0.2) is 0 Å². The molecule has 2 N–H and O–H groups in total. The second-order valence-electron chi connectivity index (χ2n) is 5.76. The molecule has 0 bridgehead atoms. The maximum atomic E-state index is 9.96. The molecule has 1 aliphatic carbocycles. The Hall–Kier alpha value is -0.120. The summed E-state index contributed by atoms with van der Waals surface area (Å²) in [6.45, 7) is 4.69. The molecule has 0 aromatic carbocycles. The number of likely N-dealkylation sites (tertiary alicyclic amines) is 1. The first-order valence-corrected chi connectivity index (χ1v) is 6.79. The van der Waals surface area contributed by atoms with Crippen molar-refractivity contribution in [2.45, 2.75) is 57.2 Å². The van der Waals surface area contributed by atoms with Crippen molar-refractivity contribution < 1.29 is 5.11 Å². The van der Waals surface area contributed by atoms with Crippen molar-refractivity contribution >= 4 is 0 Å². The zero-order valence-electron chi connectivity index (χ0n) is 10.7. The fourth-order valence-corrected chi connectivity index (χ4v) is 3.18. The predicted octanol–water partition coefficient (Wildman–Crippen LogP) is 1.22. The Kier molecular flexibility index (Phi) is 4.22. The topological polar surface area (TPSA) is 35.5 Å². The van der Waals surface area contributed by atoms with Gasteiger partial charge < -0.3 is 15.3 Å². The Balaban J connectivity index is 1.83. The summed E-state index contributed by atoms with van der Waals surface area (Å²) < 4.78 is 0. The molecule has 1 aliphatic heterocycles. The number of rotatable bonds is 2. The molecule has 2 unspecified atom stereocenters. The van der Waals surface area contributed by atoms with E-state index in [1.54, 1.807) is 0 Å². The summed E-state index contributed by atoms with van der Waals surface area (Å²) in [6, 6.07) is 0.957. The van der Waals surface area contributed by atoms with Crippen LogP contribution in [-0.2, 0) is 0 Å². The van der Waals surface area contributed by atoms with Gasteiger partial charge in [0.1, 0.15) is 0 Å². The van der Waals surface area contributed by atoms with E-state index in [2.05, 4.69) is 24.2 Å². The molecule has 3 nitrogen and oxygen atoms in total. The molecule has 0 aromatic heterocycles. The van der Waals surface area contributed by atoms with Crippen LogP contribution >= 0.6 is 0 Å². The fraction of sp³-hybridized carbons (Fsp3) is 1.00. The van der Waals surface area contributed by atoms with Crippen LogP contribution < -0.4 is 5.32 Å². The average Bonchev–Trinajstić information content (AvgIpc) is 2.25. The van der Waals surface area contributed by atoms with Crippen molar-refractivity contribution in [2.24, 2.45) is 5.92 Å². The van der Waals surface area contributed by atoms with Crippen LogP contribution in [0.5, 0.6) is 0 Å². The molecule has 3 heteroatoms. The Morgan fingerprint density at radius 1 is 1.12 bits per heavy atom. The number of hydrogen-bond donors (Lipinski definition) is 2. The molecule has 0 radical (unpaired) electrons. The Morgan fingerprint density at radius 2 is 1.88 bits per heavy atom. The van der Waals surface area contributed by atoms with Gasteiger partial charge in [-0.1, -0.05) is 19.8 Å². The van der Waals surface area contributed by atoms with Gasteiger partial charge in [0.25, 0.3) is 0 Å². The average molecular weight is 226 g/mol. The number of piperidine rings is 1. The van der Waals surface area contributed by atoms with E-state index in [0.29, 0.717) is 18.0 Å². The molecular weight excluding hydrogens is 200 g/mol. The van der Waals surface area contributed by atoms with Gasteiger partial charge in [-0.3, -0.25) is 0 Å². The minimum atomic E-state index is -0.111. The first-order chi connectivity index (χ1) is 7.66. The van der Waals surface area contributed by atoms with Gasteiger partial charge in [0, 0.05) is 18.6 Å². The molecule has 16 heavy (non-hydrogen) atoms. The lowest BCUT2D eigenvalue weighted by Crippen LogP contribution is -2.53. The molecule has 2 aliphatic rings. The van der Waals surface area contributed by atoms with Crippen molar-refractivity contribution in [3.05, 3.63) is 0 Å². The Morgan fingerprint density at radius 3 is 2.56 bits per heavy atom. The SMILES string of the molecule is CC1CN(C)CCC1N[C@@H]1CCCC[C@H]1O. The van der Waals surface area contributed by atoms with Gasteiger partial charge in [0.2, 0.25) is 0 Å². The Labute approximate surface area is 99.2 Å². The molecule has 0 amide bonds. The summed E-state index contributed by atoms with van der Waals surface area (Å²) in [5.41, 5.74) is 0. The van der Waals surface area contributed by atoms with Crippen LogP contribution in [0.25, 0.3) is 0 Å². The minimum absolute atomic E-state index is 0.111. The lowest BCUT2D eigenvalue weighted by atomic mass is 9.88. The molecule has 2 rings (SSSR count). The highest BCUT2D eigenvalue weighted by molar-refractivity contribution is 4.88. The smallest absolute Gasteiger partial charge is 0.0693 e. The zero-order valence-corrected chi connectivity index (χ0v) is 10.7. The molecule has 0 spiro atoms. The second-order valence-corrected chi connectivity index (χ2v) is 5.76. The van der Waals surface area contributed by atoms with Crippen molar-refractivity contribution in [2.75, 3.05) is 20.1 Å². The van der Waals surface area contributed by atoms with Crippen LogP contribution in [0, 0.1) is 5.92 Å². The van der Waals surface area contributed by atoms with E-state index in [9.17, 15) is 5.11 Å². The van der Waals surface area contributed by atoms with Crippen molar-refractivity contribution in [1.29, 1.82) is 0 Å². The highest BCUT2D eigenvalue weighted by Gasteiger charge is 2.29.